The highest BCUT2D eigenvalue weighted by Gasteiger charge is 2.20. The number of benzene rings is 1. The van der Waals surface area contributed by atoms with Gasteiger partial charge in [-0.15, -0.1) is 0 Å². The SMILES string of the molecule is CC1CCC(CNC(=O)c2ccc([N+](=O)[O-])cc2Cl)CC1. The van der Waals surface area contributed by atoms with Crippen LogP contribution in [0.3, 0.4) is 0 Å². The maximum absolute atomic E-state index is 12.1. The van der Waals surface area contributed by atoms with Crippen LogP contribution in [0.25, 0.3) is 0 Å². The summed E-state index contributed by atoms with van der Waals surface area (Å²) in [4.78, 5) is 22.2. The van der Waals surface area contributed by atoms with Crippen LogP contribution in [-0.4, -0.2) is 17.4 Å². The van der Waals surface area contributed by atoms with Crippen molar-refractivity contribution in [2.75, 3.05) is 6.54 Å². The molecule has 1 aliphatic rings. The Bertz CT molecular complexity index is 540. The van der Waals surface area contributed by atoms with Gasteiger partial charge in [-0.25, -0.2) is 0 Å². The second kappa shape index (κ2) is 6.89. The quantitative estimate of drug-likeness (QED) is 0.679. The molecule has 6 heteroatoms. The summed E-state index contributed by atoms with van der Waals surface area (Å²) in [7, 11) is 0. The van der Waals surface area contributed by atoms with Crippen molar-refractivity contribution in [1.29, 1.82) is 0 Å². The first kappa shape index (κ1) is 15.8. The van der Waals surface area contributed by atoms with E-state index < -0.39 is 4.92 Å². The number of halogens is 1. The van der Waals surface area contributed by atoms with Crippen molar-refractivity contribution in [3.8, 4) is 0 Å². The maximum atomic E-state index is 12.1. The standard InChI is InChI=1S/C15H19ClN2O3/c1-10-2-4-11(5-3-10)9-17-15(19)13-7-6-12(18(20)21)8-14(13)16/h6-8,10-11H,2-5,9H2,1H3,(H,17,19). The highest BCUT2D eigenvalue weighted by molar-refractivity contribution is 6.34. The van der Waals surface area contributed by atoms with Gasteiger partial charge in [0.15, 0.2) is 0 Å². The number of hydrogen-bond donors (Lipinski definition) is 1. The first-order chi connectivity index (χ1) is 9.97. The Hall–Kier alpha value is -1.62. The summed E-state index contributed by atoms with van der Waals surface area (Å²) < 4.78 is 0. The summed E-state index contributed by atoms with van der Waals surface area (Å²) in [5, 5.41) is 13.6. The molecule has 1 aliphatic carbocycles. The fraction of sp³-hybridized carbons (Fsp3) is 0.533. The second-order valence-corrected chi connectivity index (χ2v) is 6.16. The Kier molecular flexibility index (Phi) is 5.17. The van der Waals surface area contributed by atoms with Crippen LogP contribution < -0.4 is 5.32 Å². The van der Waals surface area contributed by atoms with Crippen LogP contribution in [0.2, 0.25) is 5.02 Å². The van der Waals surface area contributed by atoms with Crippen molar-refractivity contribution in [3.05, 3.63) is 38.9 Å². The molecule has 0 heterocycles. The van der Waals surface area contributed by atoms with E-state index in [1.54, 1.807) is 0 Å². The van der Waals surface area contributed by atoms with Gasteiger partial charge >= 0.3 is 0 Å². The molecule has 0 unspecified atom stereocenters. The summed E-state index contributed by atoms with van der Waals surface area (Å²) in [6.45, 7) is 2.89. The van der Waals surface area contributed by atoms with Crippen LogP contribution in [0.1, 0.15) is 43.0 Å². The third kappa shape index (κ3) is 4.17. The van der Waals surface area contributed by atoms with Crippen molar-refractivity contribution < 1.29 is 9.72 Å². The molecule has 114 valence electrons. The Balaban J connectivity index is 1.93. The van der Waals surface area contributed by atoms with E-state index in [0.717, 1.165) is 18.8 Å². The Morgan fingerprint density at radius 3 is 2.62 bits per heavy atom. The van der Waals surface area contributed by atoms with Gasteiger partial charge in [0.25, 0.3) is 11.6 Å². The molecule has 0 saturated heterocycles. The molecule has 1 amide bonds. The molecule has 1 N–H and O–H groups in total. The van der Waals surface area contributed by atoms with Gasteiger partial charge < -0.3 is 5.32 Å². The fourth-order valence-electron chi connectivity index (χ4n) is 2.67. The zero-order valence-corrected chi connectivity index (χ0v) is 12.7. The minimum Gasteiger partial charge on any atom is -0.352 e. The van der Waals surface area contributed by atoms with Gasteiger partial charge in [0, 0.05) is 18.7 Å². The molecule has 0 aliphatic heterocycles. The summed E-state index contributed by atoms with van der Waals surface area (Å²) >= 11 is 5.94. The number of non-ortho nitro benzene ring substituents is 1. The van der Waals surface area contributed by atoms with Crippen LogP contribution >= 0.6 is 11.6 Å². The lowest BCUT2D eigenvalue weighted by Gasteiger charge is -2.26. The number of nitro groups is 1. The number of rotatable bonds is 4. The molecule has 0 atom stereocenters. The molecule has 0 radical (unpaired) electrons. The van der Waals surface area contributed by atoms with Crippen LogP contribution in [0, 0.1) is 22.0 Å². The van der Waals surface area contributed by atoms with E-state index in [9.17, 15) is 14.9 Å². The van der Waals surface area contributed by atoms with Gasteiger partial charge in [-0.05, 0) is 30.7 Å². The Morgan fingerprint density at radius 1 is 1.38 bits per heavy atom. The van der Waals surface area contributed by atoms with E-state index in [1.165, 1.54) is 31.0 Å². The number of carbonyl (C=O) groups is 1. The summed E-state index contributed by atoms with van der Waals surface area (Å²) in [5.74, 6) is 1.02. The number of carbonyl (C=O) groups excluding carboxylic acids is 1. The predicted molar refractivity (Wildman–Crippen MR) is 81.6 cm³/mol. The highest BCUT2D eigenvalue weighted by Crippen LogP contribution is 2.28. The fourth-order valence-corrected chi connectivity index (χ4v) is 2.93. The highest BCUT2D eigenvalue weighted by atomic mass is 35.5. The number of hydrogen-bond acceptors (Lipinski definition) is 3. The third-order valence-electron chi connectivity index (χ3n) is 4.09. The average Bonchev–Trinajstić information content (AvgIpc) is 2.46. The van der Waals surface area contributed by atoms with Crippen molar-refractivity contribution >= 4 is 23.2 Å². The van der Waals surface area contributed by atoms with E-state index in [1.807, 2.05) is 0 Å². The second-order valence-electron chi connectivity index (χ2n) is 5.76. The maximum Gasteiger partial charge on any atom is 0.270 e. The first-order valence-corrected chi connectivity index (χ1v) is 7.57. The topological polar surface area (TPSA) is 72.2 Å². The largest absolute Gasteiger partial charge is 0.352 e. The van der Waals surface area contributed by atoms with Gasteiger partial charge in [0.2, 0.25) is 0 Å². The van der Waals surface area contributed by atoms with E-state index in [4.69, 9.17) is 11.6 Å². The summed E-state index contributed by atoms with van der Waals surface area (Å²) in [5.41, 5.74) is 0.171. The number of nitrogens with one attached hydrogen (secondary N) is 1. The molecule has 5 nitrogen and oxygen atoms in total. The zero-order valence-electron chi connectivity index (χ0n) is 12.0. The molecule has 1 saturated carbocycles. The van der Waals surface area contributed by atoms with Crippen LogP contribution in [0.4, 0.5) is 5.69 Å². The van der Waals surface area contributed by atoms with E-state index in [0.29, 0.717) is 12.5 Å². The van der Waals surface area contributed by atoms with Crippen LogP contribution in [0.15, 0.2) is 18.2 Å². The minimum atomic E-state index is -0.531. The van der Waals surface area contributed by atoms with Crippen molar-refractivity contribution in [2.24, 2.45) is 11.8 Å². The van der Waals surface area contributed by atoms with E-state index in [2.05, 4.69) is 12.2 Å². The molecule has 0 spiro atoms. The van der Waals surface area contributed by atoms with E-state index >= 15 is 0 Å². The molecule has 0 bridgehead atoms. The lowest BCUT2D eigenvalue weighted by atomic mass is 9.83. The molecule has 1 fully saturated rings. The molecule has 1 aromatic carbocycles. The van der Waals surface area contributed by atoms with Gasteiger partial charge in [0.1, 0.15) is 0 Å². The van der Waals surface area contributed by atoms with Crippen molar-refractivity contribution in [3.63, 3.8) is 0 Å². The lowest BCUT2D eigenvalue weighted by Crippen LogP contribution is -2.31. The van der Waals surface area contributed by atoms with Gasteiger partial charge in [0.05, 0.1) is 15.5 Å². The Labute approximate surface area is 128 Å². The summed E-state index contributed by atoms with van der Waals surface area (Å²) in [6, 6.07) is 3.90. The molecular weight excluding hydrogens is 292 g/mol. The molecule has 0 aromatic heterocycles. The van der Waals surface area contributed by atoms with Gasteiger partial charge in [-0.3, -0.25) is 14.9 Å². The smallest absolute Gasteiger partial charge is 0.270 e. The number of amides is 1. The minimum absolute atomic E-state index is 0.110. The summed E-state index contributed by atoms with van der Waals surface area (Å²) in [6.07, 6.45) is 4.68. The molecule has 1 aromatic rings. The van der Waals surface area contributed by atoms with E-state index in [-0.39, 0.29) is 22.2 Å². The lowest BCUT2D eigenvalue weighted by molar-refractivity contribution is -0.384. The Morgan fingerprint density at radius 2 is 2.05 bits per heavy atom. The molecule has 21 heavy (non-hydrogen) atoms. The monoisotopic (exact) mass is 310 g/mol. The zero-order chi connectivity index (χ0) is 15.4. The van der Waals surface area contributed by atoms with Crippen molar-refractivity contribution in [2.45, 2.75) is 32.6 Å². The number of nitrogens with zero attached hydrogens (tertiary/aromatic N) is 1. The first-order valence-electron chi connectivity index (χ1n) is 7.19. The number of nitro benzene ring substituents is 1. The predicted octanol–water partition coefficient (Wildman–Crippen LogP) is 3.80. The molecule has 2 rings (SSSR count). The van der Waals surface area contributed by atoms with Crippen LogP contribution in [-0.2, 0) is 0 Å². The third-order valence-corrected chi connectivity index (χ3v) is 4.41. The van der Waals surface area contributed by atoms with Crippen LogP contribution in [0.5, 0.6) is 0 Å². The van der Waals surface area contributed by atoms with Gasteiger partial charge in [-0.1, -0.05) is 31.4 Å². The normalized spacial score (nSPS) is 21.8. The average molecular weight is 311 g/mol. The molecular formula is C15H19ClN2O3. The van der Waals surface area contributed by atoms with Gasteiger partial charge in [-0.2, -0.15) is 0 Å². The van der Waals surface area contributed by atoms with Crippen molar-refractivity contribution in [1.82, 2.24) is 5.32 Å².